The van der Waals surface area contributed by atoms with Crippen molar-refractivity contribution in [2.45, 2.75) is 13.8 Å². The largest absolute Gasteiger partial charge is 0.409 e. The lowest BCUT2D eigenvalue weighted by molar-refractivity contribution is 0.318. The van der Waals surface area contributed by atoms with Crippen LogP contribution < -0.4 is 5.73 Å². The molecule has 0 radical (unpaired) electrons. The van der Waals surface area contributed by atoms with Crippen LogP contribution in [0.5, 0.6) is 0 Å². The van der Waals surface area contributed by atoms with Gasteiger partial charge in [0.15, 0.2) is 5.84 Å². The lowest BCUT2D eigenvalue weighted by Gasteiger charge is -2.04. The molecule has 2 aromatic heterocycles. The summed E-state index contributed by atoms with van der Waals surface area (Å²) >= 11 is 0. The second-order valence-corrected chi connectivity index (χ2v) is 3.58. The lowest BCUT2D eigenvalue weighted by atomic mass is 10.3. The molecule has 7 nitrogen and oxygen atoms in total. The number of nitrogens with zero attached hydrogens (tertiary/aromatic N) is 5. The molecule has 7 heteroatoms. The highest BCUT2D eigenvalue weighted by Crippen LogP contribution is 2.05. The van der Waals surface area contributed by atoms with Gasteiger partial charge in [0.05, 0.1) is 5.69 Å². The first-order valence-electron chi connectivity index (χ1n) is 4.96. The summed E-state index contributed by atoms with van der Waals surface area (Å²) < 4.78 is 1.54. The number of rotatable bonds is 2. The Balaban J connectivity index is 2.52. The fourth-order valence-electron chi connectivity index (χ4n) is 1.36. The van der Waals surface area contributed by atoms with E-state index in [1.807, 2.05) is 13.0 Å². The highest BCUT2D eigenvalue weighted by Gasteiger charge is 2.08. The minimum absolute atomic E-state index is 0.0550. The van der Waals surface area contributed by atoms with Crippen molar-refractivity contribution in [2.24, 2.45) is 10.9 Å². The van der Waals surface area contributed by atoms with Crippen LogP contribution in [-0.4, -0.2) is 30.8 Å². The van der Waals surface area contributed by atoms with Crippen molar-refractivity contribution in [2.75, 3.05) is 0 Å². The maximum Gasteiger partial charge on any atom is 0.251 e. The van der Waals surface area contributed by atoms with Gasteiger partial charge in [-0.2, -0.15) is 5.10 Å². The fraction of sp³-hybridized carbons (Fsp3) is 0.200. The molecule has 0 aromatic carbocycles. The first-order valence-corrected chi connectivity index (χ1v) is 4.96. The predicted octanol–water partition coefficient (Wildman–Crippen LogP) is 0.374. The summed E-state index contributed by atoms with van der Waals surface area (Å²) in [5.74, 6) is 0.334. The van der Waals surface area contributed by atoms with E-state index in [1.54, 1.807) is 19.2 Å². The normalized spacial score (nSPS) is 11.8. The van der Waals surface area contributed by atoms with Gasteiger partial charge < -0.3 is 10.9 Å². The van der Waals surface area contributed by atoms with Crippen molar-refractivity contribution in [3.8, 4) is 5.95 Å². The zero-order valence-corrected chi connectivity index (χ0v) is 9.49. The highest BCUT2D eigenvalue weighted by atomic mass is 16.4. The van der Waals surface area contributed by atoms with Gasteiger partial charge in [0.25, 0.3) is 5.95 Å². The van der Waals surface area contributed by atoms with Gasteiger partial charge in [-0.15, -0.1) is 0 Å². The zero-order chi connectivity index (χ0) is 12.4. The van der Waals surface area contributed by atoms with Gasteiger partial charge in [0.2, 0.25) is 0 Å². The molecule has 0 saturated carbocycles. The molecule has 17 heavy (non-hydrogen) atoms. The Morgan fingerprint density at radius 2 is 2.12 bits per heavy atom. The van der Waals surface area contributed by atoms with Gasteiger partial charge in [-0.3, -0.25) is 0 Å². The third kappa shape index (κ3) is 2.22. The average molecular weight is 232 g/mol. The third-order valence-electron chi connectivity index (χ3n) is 2.14. The molecule has 0 unspecified atom stereocenters. The molecular formula is C10H12N6O. The number of aromatic nitrogens is 4. The van der Waals surface area contributed by atoms with Gasteiger partial charge in [-0.1, -0.05) is 5.16 Å². The van der Waals surface area contributed by atoms with Crippen LogP contribution in [0.25, 0.3) is 5.95 Å². The fourth-order valence-corrected chi connectivity index (χ4v) is 1.36. The van der Waals surface area contributed by atoms with E-state index in [0.29, 0.717) is 17.3 Å². The van der Waals surface area contributed by atoms with Crippen LogP contribution in [0.1, 0.15) is 17.1 Å². The number of nitrogens with two attached hydrogens (primary N) is 1. The third-order valence-corrected chi connectivity index (χ3v) is 2.14. The van der Waals surface area contributed by atoms with E-state index in [0.717, 1.165) is 5.69 Å². The van der Waals surface area contributed by atoms with Crippen LogP contribution in [0, 0.1) is 13.8 Å². The number of hydrogen-bond donors (Lipinski definition) is 2. The van der Waals surface area contributed by atoms with Gasteiger partial charge in [-0.25, -0.2) is 14.6 Å². The maximum absolute atomic E-state index is 8.62. The Labute approximate surface area is 97.6 Å². The molecule has 0 spiro atoms. The van der Waals surface area contributed by atoms with E-state index in [9.17, 15) is 0 Å². The Kier molecular flexibility index (Phi) is 2.73. The molecular weight excluding hydrogens is 220 g/mol. The quantitative estimate of drug-likeness (QED) is 0.337. The van der Waals surface area contributed by atoms with Gasteiger partial charge in [0, 0.05) is 11.9 Å². The molecule has 0 amide bonds. The van der Waals surface area contributed by atoms with E-state index in [2.05, 4.69) is 20.2 Å². The molecule has 2 heterocycles. The van der Waals surface area contributed by atoms with Crippen molar-refractivity contribution >= 4 is 5.84 Å². The molecule has 2 rings (SSSR count). The smallest absolute Gasteiger partial charge is 0.251 e. The van der Waals surface area contributed by atoms with Crippen LogP contribution in [0.15, 0.2) is 23.5 Å². The van der Waals surface area contributed by atoms with Crippen molar-refractivity contribution in [3.63, 3.8) is 0 Å². The summed E-state index contributed by atoms with van der Waals surface area (Å²) in [4.78, 5) is 8.39. The van der Waals surface area contributed by atoms with Crippen LogP contribution in [0.4, 0.5) is 0 Å². The molecule has 0 atom stereocenters. The SMILES string of the molecule is Cc1cc(/C(N)=N/O)nc(-n2ccc(C)n2)n1. The molecule has 0 saturated heterocycles. The highest BCUT2D eigenvalue weighted by molar-refractivity contribution is 5.95. The van der Waals surface area contributed by atoms with Gasteiger partial charge in [-0.05, 0) is 26.0 Å². The van der Waals surface area contributed by atoms with Crippen LogP contribution in [0.3, 0.4) is 0 Å². The standard InChI is InChI=1S/C10H12N6O/c1-6-3-4-16(14-6)10-12-7(2)5-8(13-10)9(11)15-17/h3-5,17H,1-2H3,(H2,11,15). The number of hydrogen-bond acceptors (Lipinski definition) is 5. The lowest BCUT2D eigenvalue weighted by Crippen LogP contribution is -2.17. The van der Waals surface area contributed by atoms with Gasteiger partial charge >= 0.3 is 0 Å². The monoisotopic (exact) mass is 232 g/mol. The summed E-state index contributed by atoms with van der Waals surface area (Å²) in [7, 11) is 0. The molecule has 0 fully saturated rings. The predicted molar refractivity (Wildman–Crippen MR) is 61.1 cm³/mol. The van der Waals surface area contributed by atoms with Crippen molar-refractivity contribution in [3.05, 3.63) is 35.4 Å². The van der Waals surface area contributed by atoms with Crippen molar-refractivity contribution in [1.82, 2.24) is 19.7 Å². The van der Waals surface area contributed by atoms with Crippen LogP contribution in [-0.2, 0) is 0 Å². The number of amidine groups is 1. The maximum atomic E-state index is 8.62. The van der Waals surface area contributed by atoms with Gasteiger partial charge in [0.1, 0.15) is 5.69 Å². The Morgan fingerprint density at radius 1 is 1.35 bits per heavy atom. The molecule has 88 valence electrons. The van der Waals surface area contributed by atoms with E-state index in [1.165, 1.54) is 4.68 Å². The number of aryl methyl sites for hydroxylation is 2. The van der Waals surface area contributed by atoms with Crippen LogP contribution >= 0.6 is 0 Å². The molecule has 3 N–H and O–H groups in total. The molecule has 2 aromatic rings. The molecule has 0 aliphatic carbocycles. The summed E-state index contributed by atoms with van der Waals surface area (Å²) in [5.41, 5.74) is 7.43. The number of oxime groups is 1. The topological polar surface area (TPSA) is 102 Å². The minimum Gasteiger partial charge on any atom is -0.409 e. The van der Waals surface area contributed by atoms with Crippen LogP contribution in [0.2, 0.25) is 0 Å². The minimum atomic E-state index is -0.0550. The van der Waals surface area contributed by atoms with E-state index < -0.39 is 0 Å². The average Bonchev–Trinajstić information content (AvgIpc) is 2.74. The van der Waals surface area contributed by atoms with E-state index in [-0.39, 0.29) is 5.84 Å². The second-order valence-electron chi connectivity index (χ2n) is 3.58. The summed E-state index contributed by atoms with van der Waals surface area (Å²) in [6.45, 7) is 3.67. The van der Waals surface area contributed by atoms with E-state index in [4.69, 9.17) is 10.9 Å². The molecule has 0 bridgehead atoms. The summed E-state index contributed by atoms with van der Waals surface area (Å²) in [6, 6.07) is 3.48. The Morgan fingerprint density at radius 3 is 2.71 bits per heavy atom. The first kappa shape index (κ1) is 11.1. The first-order chi connectivity index (χ1) is 8.10. The van der Waals surface area contributed by atoms with E-state index >= 15 is 0 Å². The summed E-state index contributed by atoms with van der Waals surface area (Å²) in [6.07, 6.45) is 1.75. The Hall–Kier alpha value is -2.44. The van der Waals surface area contributed by atoms with Crippen molar-refractivity contribution < 1.29 is 5.21 Å². The second kappa shape index (κ2) is 4.20. The summed E-state index contributed by atoms with van der Waals surface area (Å²) in [5, 5.41) is 15.7. The van der Waals surface area contributed by atoms with Crippen molar-refractivity contribution in [1.29, 1.82) is 0 Å². The molecule has 0 aliphatic heterocycles. The zero-order valence-electron chi connectivity index (χ0n) is 9.49. The molecule has 0 aliphatic rings. The Bertz CT molecular complexity index is 574.